The molecule has 1 unspecified atom stereocenters. The molecule has 8 heavy (non-hydrogen) atoms. The zero-order chi connectivity index (χ0) is 6.57. The highest BCUT2D eigenvalue weighted by Gasteiger charge is 2.04. The zero-order valence-electron chi connectivity index (χ0n) is 5.53. The summed E-state index contributed by atoms with van der Waals surface area (Å²) in [4.78, 5) is 0. The second-order valence-corrected chi connectivity index (χ2v) is 3.38. The monoisotopic (exact) mass is 228 g/mol. The molecule has 0 amide bonds. The van der Waals surface area contributed by atoms with E-state index in [1.807, 2.05) is 7.05 Å². The Bertz CT molecular complexity index is 56.4. The van der Waals surface area contributed by atoms with Crippen LogP contribution in [0.1, 0.15) is 13.8 Å². The largest absolute Gasteiger partial charge is 0.260 e. The van der Waals surface area contributed by atoms with Gasteiger partial charge >= 0.3 is 0 Å². The van der Waals surface area contributed by atoms with E-state index in [-0.39, 0.29) is 0 Å². The maximum absolute atomic E-state index is 3.08. The Morgan fingerprint density at radius 1 is 1.38 bits per heavy atom. The first-order valence-corrected chi connectivity index (χ1v) is 3.99. The lowest BCUT2D eigenvalue weighted by Crippen LogP contribution is -2.37. The predicted molar refractivity (Wildman–Crippen MR) is 44.8 cm³/mol. The van der Waals surface area contributed by atoms with Crippen molar-refractivity contribution in [3.05, 3.63) is 0 Å². The van der Waals surface area contributed by atoms with E-state index in [2.05, 4.69) is 47.3 Å². The molecular weight excluding hydrogens is 215 g/mol. The highest BCUT2D eigenvalue weighted by Crippen LogP contribution is 2.06. The third-order valence-electron chi connectivity index (χ3n) is 0.868. The molecule has 3 heteroatoms. The van der Waals surface area contributed by atoms with Crippen LogP contribution in [-0.2, 0) is 0 Å². The second-order valence-electron chi connectivity index (χ2n) is 2.04. The Balaban J connectivity index is 3.17. The minimum Gasteiger partial charge on any atom is -0.260 e. The summed E-state index contributed by atoms with van der Waals surface area (Å²) in [5.41, 5.74) is 5.97. The van der Waals surface area contributed by atoms with Crippen LogP contribution in [0, 0.1) is 5.92 Å². The van der Waals surface area contributed by atoms with Crippen molar-refractivity contribution in [2.45, 2.75) is 17.9 Å². The second kappa shape index (κ2) is 4.52. The first-order chi connectivity index (χ1) is 3.68. The van der Waals surface area contributed by atoms with Crippen LogP contribution in [0.15, 0.2) is 0 Å². The third-order valence-corrected chi connectivity index (χ3v) is 2.62. The number of hydrazine groups is 1. The fraction of sp³-hybridized carbons (Fsp3) is 1.00. The Kier molecular flexibility index (Phi) is 4.89. The van der Waals surface area contributed by atoms with E-state index in [9.17, 15) is 0 Å². The van der Waals surface area contributed by atoms with E-state index in [1.54, 1.807) is 0 Å². The highest BCUT2D eigenvalue weighted by atomic mass is 127. The lowest BCUT2D eigenvalue weighted by molar-refractivity contribution is 0.486. The van der Waals surface area contributed by atoms with Gasteiger partial charge in [-0.25, -0.2) is 5.43 Å². The fourth-order valence-electron chi connectivity index (χ4n) is 0.305. The molecule has 50 valence electrons. The van der Waals surface area contributed by atoms with Crippen LogP contribution in [0.4, 0.5) is 0 Å². The van der Waals surface area contributed by atoms with E-state index in [1.165, 1.54) is 0 Å². The van der Waals surface area contributed by atoms with Crippen LogP contribution in [0.25, 0.3) is 0 Å². The number of nitrogens with one attached hydrogen (secondary N) is 2. The van der Waals surface area contributed by atoms with Crippen molar-refractivity contribution in [2.24, 2.45) is 5.92 Å². The van der Waals surface area contributed by atoms with Crippen molar-refractivity contribution in [3.8, 4) is 0 Å². The van der Waals surface area contributed by atoms with Crippen LogP contribution in [-0.4, -0.2) is 11.1 Å². The van der Waals surface area contributed by atoms with Crippen LogP contribution in [0.3, 0.4) is 0 Å². The fourth-order valence-corrected chi connectivity index (χ4v) is 0.616. The normalized spacial score (nSPS) is 14.6. The van der Waals surface area contributed by atoms with Gasteiger partial charge in [0.25, 0.3) is 0 Å². The summed E-state index contributed by atoms with van der Waals surface area (Å²) >= 11 is 2.36. The third kappa shape index (κ3) is 3.63. The van der Waals surface area contributed by atoms with Gasteiger partial charge < -0.3 is 0 Å². The summed E-state index contributed by atoms with van der Waals surface area (Å²) in [5.74, 6) is 0.683. The maximum atomic E-state index is 3.08. The number of hydrogen-bond donors (Lipinski definition) is 2. The predicted octanol–water partition coefficient (Wildman–Crippen LogP) is 1.13. The Labute approximate surface area is 64.5 Å². The number of hydrogen-bond acceptors (Lipinski definition) is 2. The zero-order valence-corrected chi connectivity index (χ0v) is 7.69. The smallest absolute Gasteiger partial charge is 0.0749 e. The first kappa shape index (κ1) is 8.65. The molecule has 0 radical (unpaired) electrons. The molecular formula is C5H13IN2. The minimum atomic E-state index is 0.526. The Hall–Kier alpha value is 0.650. The summed E-state index contributed by atoms with van der Waals surface area (Å²) in [6, 6.07) is 0. The Morgan fingerprint density at radius 2 is 1.88 bits per heavy atom. The average Bonchev–Trinajstić information content (AvgIpc) is 1.67. The van der Waals surface area contributed by atoms with Gasteiger partial charge in [-0.3, -0.25) is 5.43 Å². The van der Waals surface area contributed by atoms with Crippen molar-refractivity contribution in [3.63, 3.8) is 0 Å². The number of rotatable bonds is 3. The summed E-state index contributed by atoms with van der Waals surface area (Å²) in [6.07, 6.45) is 0. The van der Waals surface area contributed by atoms with Gasteiger partial charge in [0.2, 0.25) is 0 Å². The van der Waals surface area contributed by atoms with Crippen molar-refractivity contribution >= 4 is 22.6 Å². The van der Waals surface area contributed by atoms with E-state index >= 15 is 0 Å². The summed E-state index contributed by atoms with van der Waals surface area (Å²) in [5, 5.41) is 0. The Morgan fingerprint density at radius 3 is 2.00 bits per heavy atom. The maximum Gasteiger partial charge on any atom is 0.0749 e. The van der Waals surface area contributed by atoms with Crippen molar-refractivity contribution < 1.29 is 0 Å². The lowest BCUT2D eigenvalue weighted by Gasteiger charge is -2.13. The van der Waals surface area contributed by atoms with Crippen molar-refractivity contribution in [1.82, 2.24) is 10.9 Å². The van der Waals surface area contributed by atoms with Crippen LogP contribution in [0.5, 0.6) is 0 Å². The van der Waals surface area contributed by atoms with Gasteiger partial charge in [-0.15, -0.1) is 0 Å². The van der Waals surface area contributed by atoms with Gasteiger partial charge in [0, 0.05) is 0 Å². The molecule has 0 aliphatic rings. The molecule has 0 aromatic rings. The molecule has 0 aromatic carbocycles. The molecule has 1 atom stereocenters. The molecule has 0 aliphatic heterocycles. The van der Waals surface area contributed by atoms with Crippen molar-refractivity contribution in [1.29, 1.82) is 0 Å². The van der Waals surface area contributed by atoms with Gasteiger partial charge in [0.1, 0.15) is 0 Å². The summed E-state index contributed by atoms with van der Waals surface area (Å²) < 4.78 is 0.526. The molecule has 0 heterocycles. The van der Waals surface area contributed by atoms with Crippen LogP contribution in [0.2, 0.25) is 0 Å². The quantitative estimate of drug-likeness (QED) is 0.327. The number of alkyl halides is 1. The van der Waals surface area contributed by atoms with Gasteiger partial charge in [-0.05, 0) is 13.0 Å². The van der Waals surface area contributed by atoms with Gasteiger partial charge in [0.05, 0.1) is 4.05 Å². The average molecular weight is 228 g/mol. The lowest BCUT2D eigenvalue weighted by atomic mass is 10.2. The molecule has 0 aliphatic carbocycles. The molecule has 0 fully saturated rings. The summed E-state index contributed by atoms with van der Waals surface area (Å²) in [7, 11) is 1.88. The molecule has 2 N–H and O–H groups in total. The number of halogens is 1. The van der Waals surface area contributed by atoms with E-state index in [4.69, 9.17) is 0 Å². The molecule has 2 nitrogen and oxygen atoms in total. The SMILES string of the molecule is CNNC(I)C(C)C. The first-order valence-electron chi connectivity index (χ1n) is 2.74. The van der Waals surface area contributed by atoms with E-state index in [0.717, 1.165) is 0 Å². The molecule has 0 rings (SSSR count). The summed E-state index contributed by atoms with van der Waals surface area (Å²) in [6.45, 7) is 4.36. The molecule has 0 bridgehead atoms. The van der Waals surface area contributed by atoms with Crippen LogP contribution >= 0.6 is 22.6 Å². The van der Waals surface area contributed by atoms with Crippen molar-refractivity contribution in [2.75, 3.05) is 7.05 Å². The van der Waals surface area contributed by atoms with Crippen LogP contribution < -0.4 is 10.9 Å². The standard InChI is InChI=1S/C5H13IN2/c1-4(2)5(6)8-7-3/h4-5,7-8H,1-3H3. The van der Waals surface area contributed by atoms with Gasteiger partial charge in [0.15, 0.2) is 0 Å². The van der Waals surface area contributed by atoms with E-state index in [0.29, 0.717) is 9.97 Å². The minimum absolute atomic E-state index is 0.526. The van der Waals surface area contributed by atoms with Gasteiger partial charge in [-0.1, -0.05) is 36.4 Å². The molecule has 0 spiro atoms. The molecule has 0 saturated heterocycles. The molecule has 0 saturated carbocycles. The van der Waals surface area contributed by atoms with Gasteiger partial charge in [-0.2, -0.15) is 0 Å². The van der Waals surface area contributed by atoms with E-state index < -0.39 is 0 Å². The topological polar surface area (TPSA) is 24.1 Å². The molecule has 0 aromatic heterocycles. The highest BCUT2D eigenvalue weighted by molar-refractivity contribution is 14.1.